The van der Waals surface area contributed by atoms with Crippen molar-refractivity contribution in [2.75, 3.05) is 57.8 Å². The molecule has 2 aromatic heterocycles. The van der Waals surface area contributed by atoms with Gasteiger partial charge in [-0.15, -0.1) is 5.10 Å². The van der Waals surface area contributed by atoms with Crippen LogP contribution in [0, 0.1) is 5.92 Å². The lowest BCUT2D eigenvalue weighted by molar-refractivity contribution is 0.155. The number of nitrogens with zero attached hydrogens (tertiary/aromatic N) is 6. The number of benzene rings is 1. The average molecular weight is 431 g/mol. The molecule has 2 aliphatic rings. The van der Waals surface area contributed by atoms with Gasteiger partial charge in [0.15, 0.2) is 0 Å². The van der Waals surface area contributed by atoms with Crippen LogP contribution in [0.1, 0.15) is 12.8 Å². The second-order valence-corrected chi connectivity index (χ2v) is 9.63. The molecule has 0 atom stereocenters. The van der Waals surface area contributed by atoms with Crippen molar-refractivity contribution in [1.29, 1.82) is 0 Å². The summed E-state index contributed by atoms with van der Waals surface area (Å²) in [6, 6.07) is 7.86. The van der Waals surface area contributed by atoms with Gasteiger partial charge in [0, 0.05) is 43.3 Å². The Morgan fingerprint density at radius 3 is 2.48 bits per heavy atom. The number of imidazole rings is 1. The Kier molecular flexibility index (Phi) is 5.47. The molecule has 5 rings (SSSR count). The van der Waals surface area contributed by atoms with Gasteiger partial charge in [0.05, 0.1) is 11.9 Å². The van der Waals surface area contributed by atoms with E-state index >= 15 is 0 Å². The molecule has 0 spiro atoms. The first-order chi connectivity index (χ1) is 14.2. The van der Waals surface area contributed by atoms with Gasteiger partial charge in [0.25, 0.3) is 0 Å². The van der Waals surface area contributed by atoms with Gasteiger partial charge < -0.3 is 9.80 Å². The molecule has 2 fully saturated rings. The summed E-state index contributed by atoms with van der Waals surface area (Å²) in [4.78, 5) is 13.0. The quantitative estimate of drug-likeness (QED) is 0.632. The lowest BCUT2D eigenvalue weighted by atomic mass is 9.96. The number of hydrogen-bond donors (Lipinski definition) is 0. The number of rotatable bonds is 4. The van der Waals surface area contributed by atoms with E-state index in [9.17, 15) is 0 Å². The van der Waals surface area contributed by atoms with Crippen LogP contribution >= 0.6 is 22.9 Å². The van der Waals surface area contributed by atoms with Gasteiger partial charge in [-0.3, -0.25) is 4.90 Å². The lowest BCUT2D eigenvalue weighted by Crippen LogP contribution is -2.48. The summed E-state index contributed by atoms with van der Waals surface area (Å²) in [5.74, 6) is 0.864. The highest BCUT2D eigenvalue weighted by Crippen LogP contribution is 2.29. The molecule has 2 saturated heterocycles. The van der Waals surface area contributed by atoms with Gasteiger partial charge in [0.1, 0.15) is 0 Å². The van der Waals surface area contributed by atoms with Crippen molar-refractivity contribution >= 4 is 33.0 Å². The topological polar surface area (TPSA) is 39.9 Å². The monoisotopic (exact) mass is 430 g/mol. The molecule has 0 radical (unpaired) electrons. The van der Waals surface area contributed by atoms with E-state index in [0.717, 1.165) is 58.5 Å². The predicted molar refractivity (Wildman–Crippen MR) is 120 cm³/mol. The van der Waals surface area contributed by atoms with E-state index in [4.69, 9.17) is 16.7 Å². The molecule has 0 N–H and O–H groups in total. The molecule has 3 aromatic rings. The Morgan fingerprint density at radius 1 is 1.03 bits per heavy atom. The molecule has 0 unspecified atom stereocenters. The fraction of sp³-hybridized carbons (Fsp3) is 0.524. The molecule has 29 heavy (non-hydrogen) atoms. The van der Waals surface area contributed by atoms with E-state index in [-0.39, 0.29) is 0 Å². The molecule has 1 aromatic carbocycles. The van der Waals surface area contributed by atoms with Crippen LogP contribution in [0.3, 0.4) is 0 Å². The minimum atomic E-state index is 0.742. The van der Waals surface area contributed by atoms with Gasteiger partial charge >= 0.3 is 0 Å². The molecule has 2 aliphatic heterocycles. The minimum Gasteiger partial charge on any atom is -0.344 e. The van der Waals surface area contributed by atoms with E-state index in [1.807, 2.05) is 35.0 Å². The summed E-state index contributed by atoms with van der Waals surface area (Å²) in [6.45, 7) is 8.08. The molecular formula is C21H27ClN6S. The third kappa shape index (κ3) is 4.14. The summed E-state index contributed by atoms with van der Waals surface area (Å²) in [7, 11) is 2.23. The first kappa shape index (κ1) is 19.3. The maximum absolute atomic E-state index is 6.03. The maximum Gasteiger partial charge on any atom is 0.214 e. The van der Waals surface area contributed by atoms with Crippen molar-refractivity contribution < 1.29 is 0 Å². The molecule has 4 heterocycles. The highest BCUT2D eigenvalue weighted by atomic mass is 35.5. The molecule has 154 valence electrons. The second-order valence-electron chi connectivity index (χ2n) is 8.26. The van der Waals surface area contributed by atoms with Crippen molar-refractivity contribution in [2.45, 2.75) is 12.8 Å². The van der Waals surface area contributed by atoms with Gasteiger partial charge in [-0.05, 0) is 51.0 Å². The fourth-order valence-electron chi connectivity index (χ4n) is 4.36. The Labute approximate surface area is 180 Å². The average Bonchev–Trinajstić information content (AvgIpc) is 3.32. The first-order valence-electron chi connectivity index (χ1n) is 10.4. The molecule has 0 aliphatic carbocycles. The van der Waals surface area contributed by atoms with Crippen LogP contribution in [0.15, 0.2) is 30.5 Å². The first-order valence-corrected chi connectivity index (χ1v) is 11.6. The van der Waals surface area contributed by atoms with Crippen LogP contribution in [0.25, 0.3) is 16.2 Å². The van der Waals surface area contributed by atoms with Crippen LogP contribution in [0.2, 0.25) is 5.02 Å². The summed E-state index contributed by atoms with van der Waals surface area (Å²) >= 11 is 7.70. The zero-order valence-electron chi connectivity index (χ0n) is 16.8. The molecule has 0 saturated carbocycles. The van der Waals surface area contributed by atoms with Crippen LogP contribution in [-0.2, 0) is 0 Å². The summed E-state index contributed by atoms with van der Waals surface area (Å²) in [5.41, 5.74) is 2.10. The zero-order valence-corrected chi connectivity index (χ0v) is 18.4. The van der Waals surface area contributed by atoms with Gasteiger partial charge in [-0.2, -0.15) is 0 Å². The second kappa shape index (κ2) is 8.22. The molecule has 0 bridgehead atoms. The van der Waals surface area contributed by atoms with Crippen molar-refractivity contribution in [3.63, 3.8) is 0 Å². The fourth-order valence-corrected chi connectivity index (χ4v) is 5.41. The Hall–Kier alpha value is -1.67. The number of piperazine rings is 1. The molecule has 6 nitrogen and oxygen atoms in total. The number of hydrogen-bond acceptors (Lipinski definition) is 6. The number of aromatic nitrogens is 3. The summed E-state index contributed by atoms with van der Waals surface area (Å²) in [6.07, 6.45) is 4.58. The Balaban J connectivity index is 1.23. The van der Waals surface area contributed by atoms with Crippen LogP contribution in [0.4, 0.5) is 5.13 Å². The number of fused-ring (bicyclic) bond motifs is 1. The standard InChI is InChI=1S/C21H27ClN6S/c1-25-8-6-16(7-9-25)15-26-10-12-27(13-11-26)21-24-28-19(14-23-20(28)29-21)17-2-4-18(22)5-3-17/h2-5,14,16H,6-13,15H2,1H3. The van der Waals surface area contributed by atoms with Crippen molar-refractivity contribution in [3.8, 4) is 11.3 Å². The Morgan fingerprint density at radius 2 is 1.76 bits per heavy atom. The normalized spacial score (nSPS) is 20.0. The largest absolute Gasteiger partial charge is 0.344 e. The lowest BCUT2D eigenvalue weighted by Gasteiger charge is -2.38. The molecule has 8 heteroatoms. The van der Waals surface area contributed by atoms with Gasteiger partial charge in [0.2, 0.25) is 10.1 Å². The van der Waals surface area contributed by atoms with E-state index in [0.29, 0.717) is 0 Å². The number of halogens is 1. The molecule has 0 amide bonds. The highest BCUT2D eigenvalue weighted by Gasteiger charge is 2.24. The maximum atomic E-state index is 6.03. The third-order valence-corrected chi connectivity index (χ3v) is 7.45. The van der Waals surface area contributed by atoms with Crippen LogP contribution < -0.4 is 4.90 Å². The van der Waals surface area contributed by atoms with Crippen molar-refractivity contribution in [2.24, 2.45) is 5.92 Å². The number of anilines is 1. The van der Waals surface area contributed by atoms with Crippen LogP contribution in [-0.4, -0.2) is 77.3 Å². The SMILES string of the molecule is CN1CCC(CN2CCN(c3nn4c(-c5ccc(Cl)cc5)cnc4s3)CC2)CC1. The highest BCUT2D eigenvalue weighted by molar-refractivity contribution is 7.20. The minimum absolute atomic E-state index is 0.742. The van der Waals surface area contributed by atoms with Crippen molar-refractivity contribution in [1.82, 2.24) is 24.4 Å². The van der Waals surface area contributed by atoms with Crippen molar-refractivity contribution in [3.05, 3.63) is 35.5 Å². The number of piperidine rings is 1. The predicted octanol–water partition coefficient (Wildman–Crippen LogP) is 3.58. The van der Waals surface area contributed by atoms with E-state index in [2.05, 4.69) is 26.7 Å². The zero-order chi connectivity index (χ0) is 19.8. The summed E-state index contributed by atoms with van der Waals surface area (Å²) < 4.78 is 1.97. The van der Waals surface area contributed by atoms with E-state index in [1.54, 1.807) is 11.3 Å². The third-order valence-electron chi connectivity index (χ3n) is 6.21. The number of likely N-dealkylation sites (tertiary alicyclic amines) is 1. The van der Waals surface area contributed by atoms with E-state index < -0.39 is 0 Å². The molecular weight excluding hydrogens is 404 g/mol. The smallest absolute Gasteiger partial charge is 0.214 e. The van der Waals surface area contributed by atoms with E-state index in [1.165, 1.54) is 32.5 Å². The summed E-state index contributed by atoms with van der Waals surface area (Å²) in [5, 5.41) is 6.70. The van der Waals surface area contributed by atoms with Gasteiger partial charge in [-0.25, -0.2) is 9.50 Å². The van der Waals surface area contributed by atoms with Crippen LogP contribution in [0.5, 0.6) is 0 Å². The van der Waals surface area contributed by atoms with Gasteiger partial charge in [-0.1, -0.05) is 35.1 Å². The Bertz CT molecular complexity index is 951.